The molecule has 6 nitrogen and oxygen atoms in total. The topological polar surface area (TPSA) is 83.6 Å². The van der Waals surface area contributed by atoms with Crippen LogP contribution in [0.1, 0.15) is 55.4 Å². The minimum atomic E-state index is -0.872. The maximum absolute atomic E-state index is 12.8. The highest BCUT2D eigenvalue weighted by Gasteiger charge is 2.25. The average molecular weight is 344 g/mol. The van der Waals surface area contributed by atoms with Crippen molar-refractivity contribution >= 4 is 11.9 Å². The van der Waals surface area contributed by atoms with Gasteiger partial charge in [0.15, 0.2) is 5.69 Å². The Morgan fingerprint density at radius 2 is 1.88 bits per heavy atom. The van der Waals surface area contributed by atoms with Gasteiger partial charge < -0.3 is 14.5 Å². The summed E-state index contributed by atoms with van der Waals surface area (Å²) in [5.74, 6) is -0.488. The highest BCUT2D eigenvalue weighted by molar-refractivity contribution is 5.92. The van der Waals surface area contributed by atoms with Crippen LogP contribution in [0.25, 0.3) is 0 Å². The molecule has 1 aromatic carbocycles. The number of carbonyl (C=O) groups excluding carboxylic acids is 1. The number of nitrogens with zero attached hydrogens (tertiary/aromatic N) is 2. The summed E-state index contributed by atoms with van der Waals surface area (Å²) in [5.41, 5.74) is 0.987. The first-order valence-corrected chi connectivity index (χ1v) is 8.29. The van der Waals surface area contributed by atoms with Crippen molar-refractivity contribution in [2.24, 2.45) is 0 Å². The molecule has 0 saturated carbocycles. The van der Waals surface area contributed by atoms with Gasteiger partial charge in [0.1, 0.15) is 5.76 Å². The van der Waals surface area contributed by atoms with Gasteiger partial charge in [0.25, 0.3) is 5.91 Å². The molecule has 0 unspecified atom stereocenters. The molecule has 0 saturated heterocycles. The SMILES string of the molecule is CC(C)(C)c1cc(C(=O)N(CCCC(=O)O)Cc2ccccc2)no1. The number of aliphatic carboxylic acids is 1. The molecule has 0 bridgehead atoms. The predicted octanol–water partition coefficient (Wildman–Crippen LogP) is 3.48. The second-order valence-corrected chi connectivity index (χ2v) is 7.04. The molecular formula is C19H24N2O4. The summed E-state index contributed by atoms with van der Waals surface area (Å²) in [6, 6.07) is 11.2. The molecule has 25 heavy (non-hydrogen) atoms. The molecule has 0 radical (unpaired) electrons. The number of carboxylic acid groups (broad SMARTS) is 1. The standard InChI is InChI=1S/C19H24N2O4/c1-19(2,3)16-12-15(20-25-16)18(24)21(11-7-10-17(22)23)13-14-8-5-4-6-9-14/h4-6,8-9,12H,7,10-11,13H2,1-3H3,(H,22,23). The Kier molecular flexibility index (Phi) is 5.96. The largest absolute Gasteiger partial charge is 0.481 e. The normalized spacial score (nSPS) is 11.3. The Morgan fingerprint density at radius 3 is 2.44 bits per heavy atom. The van der Waals surface area contributed by atoms with Gasteiger partial charge in [0.05, 0.1) is 0 Å². The summed E-state index contributed by atoms with van der Waals surface area (Å²) in [6.45, 7) is 6.69. The monoisotopic (exact) mass is 344 g/mol. The lowest BCUT2D eigenvalue weighted by Gasteiger charge is -2.21. The van der Waals surface area contributed by atoms with Gasteiger partial charge in [0.2, 0.25) is 0 Å². The Hall–Kier alpha value is -2.63. The lowest BCUT2D eigenvalue weighted by molar-refractivity contribution is -0.137. The van der Waals surface area contributed by atoms with Crippen molar-refractivity contribution in [2.45, 2.75) is 45.6 Å². The van der Waals surface area contributed by atoms with E-state index in [0.717, 1.165) is 5.56 Å². The zero-order chi connectivity index (χ0) is 18.4. The molecule has 0 aliphatic heterocycles. The number of hydrogen-bond donors (Lipinski definition) is 1. The van der Waals surface area contributed by atoms with Crippen LogP contribution in [-0.4, -0.2) is 33.6 Å². The number of benzene rings is 1. The molecule has 1 amide bonds. The summed E-state index contributed by atoms with van der Waals surface area (Å²) in [5, 5.41) is 12.7. The van der Waals surface area contributed by atoms with Crippen LogP contribution in [-0.2, 0) is 16.8 Å². The second-order valence-electron chi connectivity index (χ2n) is 7.04. The van der Waals surface area contributed by atoms with E-state index >= 15 is 0 Å². The highest BCUT2D eigenvalue weighted by atomic mass is 16.5. The van der Waals surface area contributed by atoms with E-state index in [0.29, 0.717) is 25.3 Å². The van der Waals surface area contributed by atoms with Crippen molar-refractivity contribution in [3.8, 4) is 0 Å². The Morgan fingerprint density at radius 1 is 1.20 bits per heavy atom. The Labute approximate surface area is 147 Å². The summed E-state index contributed by atoms with van der Waals surface area (Å²) in [4.78, 5) is 25.2. The number of amides is 1. The number of hydrogen-bond acceptors (Lipinski definition) is 4. The van der Waals surface area contributed by atoms with Gasteiger partial charge in [-0.05, 0) is 12.0 Å². The molecule has 1 N–H and O–H groups in total. The van der Waals surface area contributed by atoms with Crippen molar-refractivity contribution in [2.75, 3.05) is 6.54 Å². The first-order chi connectivity index (χ1) is 11.8. The van der Waals surface area contributed by atoms with Gasteiger partial charge in [-0.3, -0.25) is 9.59 Å². The molecule has 0 aliphatic carbocycles. The van der Waals surface area contributed by atoms with Crippen molar-refractivity contribution in [3.05, 3.63) is 53.4 Å². The third kappa shape index (κ3) is 5.45. The zero-order valence-corrected chi connectivity index (χ0v) is 14.9. The van der Waals surface area contributed by atoms with E-state index in [1.54, 1.807) is 11.0 Å². The Balaban J connectivity index is 2.16. The number of aromatic nitrogens is 1. The van der Waals surface area contributed by atoms with Gasteiger partial charge in [-0.15, -0.1) is 0 Å². The third-order valence-electron chi connectivity index (χ3n) is 3.79. The molecule has 134 valence electrons. The molecule has 0 atom stereocenters. The molecule has 2 rings (SSSR count). The molecule has 0 fully saturated rings. The van der Waals surface area contributed by atoms with Gasteiger partial charge in [0, 0.05) is 31.0 Å². The molecule has 0 spiro atoms. The van der Waals surface area contributed by atoms with Gasteiger partial charge in [-0.25, -0.2) is 0 Å². The average Bonchev–Trinajstić information content (AvgIpc) is 3.04. The summed E-state index contributed by atoms with van der Waals surface area (Å²) >= 11 is 0. The lowest BCUT2D eigenvalue weighted by Crippen LogP contribution is -2.32. The van der Waals surface area contributed by atoms with Crippen LogP contribution >= 0.6 is 0 Å². The molecule has 0 aliphatic rings. The van der Waals surface area contributed by atoms with Crippen LogP contribution in [0.2, 0.25) is 0 Å². The molecule has 1 heterocycles. The van der Waals surface area contributed by atoms with Crippen LogP contribution in [0, 0.1) is 0 Å². The molecular weight excluding hydrogens is 320 g/mol. The quantitative estimate of drug-likeness (QED) is 0.831. The van der Waals surface area contributed by atoms with Gasteiger partial charge in [-0.2, -0.15) is 0 Å². The number of carboxylic acids is 1. The van der Waals surface area contributed by atoms with E-state index in [1.165, 1.54) is 0 Å². The molecule has 1 aromatic heterocycles. The van der Waals surface area contributed by atoms with E-state index in [4.69, 9.17) is 9.63 Å². The van der Waals surface area contributed by atoms with Crippen molar-refractivity contribution < 1.29 is 19.2 Å². The second kappa shape index (κ2) is 7.96. The van der Waals surface area contributed by atoms with Gasteiger partial charge in [-0.1, -0.05) is 56.3 Å². The maximum Gasteiger partial charge on any atom is 0.303 e. The first-order valence-electron chi connectivity index (χ1n) is 8.29. The Bertz CT molecular complexity index is 717. The number of carbonyl (C=O) groups is 2. The molecule has 2 aromatic rings. The molecule has 6 heteroatoms. The fourth-order valence-corrected chi connectivity index (χ4v) is 2.37. The van der Waals surface area contributed by atoms with E-state index in [-0.39, 0.29) is 23.4 Å². The number of rotatable bonds is 7. The fraction of sp³-hybridized carbons (Fsp3) is 0.421. The predicted molar refractivity (Wildman–Crippen MR) is 93.3 cm³/mol. The van der Waals surface area contributed by atoms with Crippen LogP contribution in [0.3, 0.4) is 0 Å². The minimum absolute atomic E-state index is 0.0185. The lowest BCUT2D eigenvalue weighted by atomic mass is 9.93. The zero-order valence-electron chi connectivity index (χ0n) is 14.9. The third-order valence-corrected chi connectivity index (χ3v) is 3.79. The van der Waals surface area contributed by atoms with Crippen LogP contribution in [0.4, 0.5) is 0 Å². The van der Waals surface area contributed by atoms with Crippen LogP contribution in [0.15, 0.2) is 40.9 Å². The smallest absolute Gasteiger partial charge is 0.303 e. The van der Waals surface area contributed by atoms with Crippen molar-refractivity contribution in [1.29, 1.82) is 0 Å². The van der Waals surface area contributed by atoms with Crippen LogP contribution < -0.4 is 0 Å². The van der Waals surface area contributed by atoms with E-state index in [1.807, 2.05) is 51.1 Å². The van der Waals surface area contributed by atoms with E-state index in [2.05, 4.69) is 5.16 Å². The first kappa shape index (κ1) is 18.7. The summed E-state index contributed by atoms with van der Waals surface area (Å²) in [6.07, 6.45) is 0.405. The van der Waals surface area contributed by atoms with Crippen molar-refractivity contribution in [3.63, 3.8) is 0 Å². The summed E-state index contributed by atoms with van der Waals surface area (Å²) in [7, 11) is 0. The summed E-state index contributed by atoms with van der Waals surface area (Å²) < 4.78 is 5.30. The van der Waals surface area contributed by atoms with Gasteiger partial charge >= 0.3 is 5.97 Å². The fourth-order valence-electron chi connectivity index (χ4n) is 2.37. The van der Waals surface area contributed by atoms with E-state index < -0.39 is 5.97 Å². The minimum Gasteiger partial charge on any atom is -0.481 e. The van der Waals surface area contributed by atoms with Crippen molar-refractivity contribution in [1.82, 2.24) is 10.1 Å². The van der Waals surface area contributed by atoms with E-state index in [9.17, 15) is 9.59 Å². The highest BCUT2D eigenvalue weighted by Crippen LogP contribution is 2.23. The maximum atomic E-state index is 12.8. The van der Waals surface area contributed by atoms with Crippen LogP contribution in [0.5, 0.6) is 0 Å².